The van der Waals surface area contributed by atoms with Gasteiger partial charge in [-0.2, -0.15) is 0 Å². The maximum absolute atomic E-state index is 11.3. The van der Waals surface area contributed by atoms with Gasteiger partial charge in [0.15, 0.2) is 0 Å². The van der Waals surface area contributed by atoms with Crippen molar-refractivity contribution in [3.63, 3.8) is 0 Å². The Bertz CT molecular complexity index is 594. The van der Waals surface area contributed by atoms with Gasteiger partial charge in [0.2, 0.25) is 5.56 Å². The van der Waals surface area contributed by atoms with Crippen LogP contribution in [0.2, 0.25) is 0 Å². The fraction of sp³-hybridized carbons (Fsp3) is 0.267. The third kappa shape index (κ3) is 3.00. The van der Waals surface area contributed by atoms with E-state index in [1.54, 1.807) is 17.7 Å². The van der Waals surface area contributed by atoms with Gasteiger partial charge in [-0.1, -0.05) is 29.3 Å². The molecule has 0 amide bonds. The van der Waals surface area contributed by atoms with Gasteiger partial charge in [-0.25, -0.2) is 0 Å². The normalized spacial score (nSPS) is 10.4. The third-order valence-corrected chi connectivity index (χ3v) is 2.86. The maximum Gasteiger partial charge on any atom is 0.250 e. The zero-order valence-corrected chi connectivity index (χ0v) is 11.0. The molecule has 0 aliphatic carbocycles. The van der Waals surface area contributed by atoms with E-state index in [9.17, 15) is 4.79 Å². The molecule has 1 heterocycles. The lowest BCUT2D eigenvalue weighted by Crippen LogP contribution is -2.15. The first-order valence-electron chi connectivity index (χ1n) is 6.02. The molecule has 0 aliphatic heterocycles. The summed E-state index contributed by atoms with van der Waals surface area (Å²) in [6.45, 7) is 4.96. The standard InChI is InChI=1S/C15H18N2O/c1-11-6-12(2)8-13(7-11)9-16-14-4-5-15(18)17(3)10-14/h4-8,10,16H,9H2,1-3H3. The predicted octanol–water partition coefficient (Wildman–Crippen LogP) is 2.61. The summed E-state index contributed by atoms with van der Waals surface area (Å²) in [4.78, 5) is 11.3. The first-order chi connectivity index (χ1) is 8.54. The second-order valence-electron chi connectivity index (χ2n) is 4.72. The van der Waals surface area contributed by atoms with Crippen LogP contribution in [0.3, 0.4) is 0 Å². The molecule has 2 aromatic rings. The quantitative estimate of drug-likeness (QED) is 0.897. The molecular weight excluding hydrogens is 224 g/mol. The number of anilines is 1. The van der Waals surface area contributed by atoms with Crippen LogP contribution in [-0.2, 0) is 13.6 Å². The van der Waals surface area contributed by atoms with Crippen molar-refractivity contribution in [1.29, 1.82) is 0 Å². The van der Waals surface area contributed by atoms with E-state index in [4.69, 9.17) is 0 Å². The summed E-state index contributed by atoms with van der Waals surface area (Å²) in [6, 6.07) is 9.88. The molecule has 18 heavy (non-hydrogen) atoms. The van der Waals surface area contributed by atoms with Crippen LogP contribution in [-0.4, -0.2) is 4.57 Å². The first-order valence-corrected chi connectivity index (χ1v) is 6.02. The highest BCUT2D eigenvalue weighted by molar-refractivity contribution is 5.41. The van der Waals surface area contributed by atoms with Crippen LogP contribution in [0.15, 0.2) is 41.3 Å². The lowest BCUT2D eigenvalue weighted by molar-refractivity contribution is 0.859. The van der Waals surface area contributed by atoms with Gasteiger partial charge in [0.25, 0.3) is 0 Å². The Morgan fingerprint density at radius 1 is 1.11 bits per heavy atom. The highest BCUT2D eigenvalue weighted by atomic mass is 16.1. The van der Waals surface area contributed by atoms with Crippen molar-refractivity contribution in [1.82, 2.24) is 4.57 Å². The van der Waals surface area contributed by atoms with Crippen molar-refractivity contribution in [3.05, 3.63) is 63.6 Å². The molecule has 1 N–H and O–H groups in total. The average Bonchev–Trinajstić information content (AvgIpc) is 2.29. The minimum atomic E-state index is 0.00644. The van der Waals surface area contributed by atoms with Crippen LogP contribution in [0, 0.1) is 13.8 Å². The van der Waals surface area contributed by atoms with Crippen molar-refractivity contribution < 1.29 is 0 Å². The predicted molar refractivity (Wildman–Crippen MR) is 74.9 cm³/mol. The van der Waals surface area contributed by atoms with Crippen LogP contribution in [0.25, 0.3) is 0 Å². The first kappa shape index (κ1) is 12.4. The largest absolute Gasteiger partial charge is 0.380 e. The Hall–Kier alpha value is -2.03. The van der Waals surface area contributed by atoms with Crippen LogP contribution in [0.5, 0.6) is 0 Å². The Morgan fingerprint density at radius 2 is 1.78 bits per heavy atom. The number of nitrogens with one attached hydrogen (secondary N) is 1. The number of benzene rings is 1. The fourth-order valence-electron chi connectivity index (χ4n) is 2.07. The maximum atomic E-state index is 11.3. The minimum absolute atomic E-state index is 0.00644. The molecule has 0 atom stereocenters. The molecule has 2 rings (SSSR count). The summed E-state index contributed by atoms with van der Waals surface area (Å²) >= 11 is 0. The summed E-state index contributed by atoms with van der Waals surface area (Å²) in [6.07, 6.45) is 1.81. The number of rotatable bonds is 3. The Labute approximate surface area is 107 Å². The SMILES string of the molecule is Cc1cc(C)cc(CNc2ccc(=O)n(C)c2)c1. The Kier molecular flexibility index (Phi) is 3.51. The van der Waals surface area contributed by atoms with Gasteiger partial charge in [-0.05, 0) is 25.5 Å². The lowest BCUT2D eigenvalue weighted by atomic mass is 10.1. The van der Waals surface area contributed by atoms with Crippen LogP contribution in [0.4, 0.5) is 5.69 Å². The van der Waals surface area contributed by atoms with Crippen molar-refractivity contribution in [3.8, 4) is 0 Å². The zero-order valence-electron chi connectivity index (χ0n) is 11.0. The Morgan fingerprint density at radius 3 is 2.39 bits per heavy atom. The molecular formula is C15H18N2O. The van der Waals surface area contributed by atoms with E-state index >= 15 is 0 Å². The van der Waals surface area contributed by atoms with Gasteiger partial charge in [0.1, 0.15) is 0 Å². The van der Waals surface area contributed by atoms with Crippen LogP contribution < -0.4 is 10.9 Å². The van der Waals surface area contributed by atoms with E-state index in [1.165, 1.54) is 16.7 Å². The van der Waals surface area contributed by atoms with Crippen LogP contribution >= 0.6 is 0 Å². The summed E-state index contributed by atoms with van der Waals surface area (Å²) < 4.78 is 1.57. The van der Waals surface area contributed by atoms with Gasteiger partial charge in [-0.15, -0.1) is 0 Å². The summed E-state index contributed by atoms with van der Waals surface area (Å²) in [5.41, 5.74) is 4.75. The van der Waals surface area contributed by atoms with Gasteiger partial charge in [-0.3, -0.25) is 4.79 Å². The second kappa shape index (κ2) is 5.08. The molecule has 3 nitrogen and oxygen atoms in total. The number of pyridine rings is 1. The van der Waals surface area contributed by atoms with Crippen molar-refractivity contribution in [2.45, 2.75) is 20.4 Å². The number of hydrogen-bond donors (Lipinski definition) is 1. The van der Waals surface area contributed by atoms with Gasteiger partial charge in [0.05, 0.1) is 5.69 Å². The van der Waals surface area contributed by atoms with Crippen molar-refractivity contribution in [2.24, 2.45) is 7.05 Å². The lowest BCUT2D eigenvalue weighted by Gasteiger charge is -2.09. The molecule has 1 aromatic heterocycles. The summed E-state index contributed by atoms with van der Waals surface area (Å²) in [5, 5.41) is 3.32. The minimum Gasteiger partial charge on any atom is -0.380 e. The second-order valence-corrected chi connectivity index (χ2v) is 4.72. The van der Waals surface area contributed by atoms with Crippen LogP contribution in [0.1, 0.15) is 16.7 Å². The molecule has 3 heteroatoms. The molecule has 0 aliphatic rings. The smallest absolute Gasteiger partial charge is 0.250 e. The fourth-order valence-corrected chi connectivity index (χ4v) is 2.07. The highest BCUT2D eigenvalue weighted by Crippen LogP contribution is 2.11. The summed E-state index contributed by atoms with van der Waals surface area (Å²) in [7, 11) is 1.75. The van der Waals surface area contributed by atoms with E-state index in [0.29, 0.717) is 0 Å². The average molecular weight is 242 g/mol. The molecule has 0 saturated heterocycles. The van der Waals surface area contributed by atoms with Crippen molar-refractivity contribution in [2.75, 3.05) is 5.32 Å². The topological polar surface area (TPSA) is 34.0 Å². The van der Waals surface area contributed by atoms with E-state index in [-0.39, 0.29) is 5.56 Å². The number of nitrogens with zero attached hydrogens (tertiary/aromatic N) is 1. The molecule has 0 spiro atoms. The molecule has 0 saturated carbocycles. The highest BCUT2D eigenvalue weighted by Gasteiger charge is 1.98. The van der Waals surface area contributed by atoms with Gasteiger partial charge < -0.3 is 9.88 Å². The van der Waals surface area contributed by atoms with Gasteiger partial charge in [0, 0.05) is 25.9 Å². The summed E-state index contributed by atoms with van der Waals surface area (Å²) in [5.74, 6) is 0. The molecule has 0 unspecified atom stereocenters. The molecule has 94 valence electrons. The molecule has 0 fully saturated rings. The monoisotopic (exact) mass is 242 g/mol. The molecule has 0 bridgehead atoms. The van der Waals surface area contributed by atoms with E-state index in [2.05, 4.69) is 37.4 Å². The van der Waals surface area contributed by atoms with Gasteiger partial charge >= 0.3 is 0 Å². The van der Waals surface area contributed by atoms with E-state index < -0.39 is 0 Å². The number of hydrogen-bond acceptors (Lipinski definition) is 2. The van der Waals surface area contributed by atoms with E-state index in [0.717, 1.165) is 12.2 Å². The van der Waals surface area contributed by atoms with E-state index in [1.807, 2.05) is 12.3 Å². The number of aromatic nitrogens is 1. The van der Waals surface area contributed by atoms with Crippen molar-refractivity contribution >= 4 is 5.69 Å². The molecule has 1 aromatic carbocycles. The Balaban J connectivity index is 2.11. The third-order valence-electron chi connectivity index (χ3n) is 2.86. The molecule has 0 radical (unpaired) electrons. The zero-order chi connectivity index (χ0) is 13.1. The number of aryl methyl sites for hydroxylation is 3.